The molecule has 0 spiro atoms. The third-order valence-corrected chi connectivity index (χ3v) is 4.89. The highest BCUT2D eigenvalue weighted by atomic mass is 16.5. The lowest BCUT2D eigenvalue weighted by molar-refractivity contribution is -0.140. The minimum absolute atomic E-state index is 0.0876. The standard InChI is InChI=1S/C17H22O4/c1-16(2)6-5-12(10-16)21-14-9-11(3-4-13(14)18)17(7-8-17)15(19)20/h3-4,9,12,18H,5-8,10H2,1-2H3,(H,19,20). The molecular formula is C17H22O4. The highest BCUT2D eigenvalue weighted by Crippen LogP contribution is 2.50. The molecule has 1 aromatic rings. The Morgan fingerprint density at radius 2 is 2.00 bits per heavy atom. The number of phenols is 1. The number of ether oxygens (including phenoxy) is 1. The van der Waals surface area contributed by atoms with Gasteiger partial charge in [-0.3, -0.25) is 4.79 Å². The van der Waals surface area contributed by atoms with Crippen molar-refractivity contribution in [2.45, 2.75) is 57.5 Å². The number of carboxylic acids is 1. The maximum atomic E-state index is 11.4. The average Bonchev–Trinajstić information content (AvgIpc) is 3.14. The van der Waals surface area contributed by atoms with Crippen LogP contribution in [-0.4, -0.2) is 22.3 Å². The fourth-order valence-corrected chi connectivity index (χ4v) is 3.31. The van der Waals surface area contributed by atoms with E-state index in [-0.39, 0.29) is 17.3 Å². The van der Waals surface area contributed by atoms with Gasteiger partial charge in [-0.1, -0.05) is 19.9 Å². The lowest BCUT2D eigenvalue weighted by Crippen LogP contribution is -2.20. The molecule has 0 radical (unpaired) electrons. The van der Waals surface area contributed by atoms with Crippen LogP contribution in [-0.2, 0) is 10.2 Å². The summed E-state index contributed by atoms with van der Waals surface area (Å²) < 4.78 is 5.94. The van der Waals surface area contributed by atoms with Gasteiger partial charge in [0.1, 0.15) is 0 Å². The van der Waals surface area contributed by atoms with E-state index >= 15 is 0 Å². The normalized spacial score (nSPS) is 25.5. The Hall–Kier alpha value is -1.71. The van der Waals surface area contributed by atoms with Gasteiger partial charge in [0, 0.05) is 0 Å². The lowest BCUT2D eigenvalue weighted by Gasteiger charge is -2.19. The van der Waals surface area contributed by atoms with Crippen LogP contribution in [0.4, 0.5) is 0 Å². The van der Waals surface area contributed by atoms with Gasteiger partial charge in [0.05, 0.1) is 11.5 Å². The highest BCUT2D eigenvalue weighted by Gasteiger charge is 2.52. The summed E-state index contributed by atoms with van der Waals surface area (Å²) in [6.45, 7) is 4.44. The molecule has 3 rings (SSSR count). The largest absolute Gasteiger partial charge is 0.504 e. The summed E-state index contributed by atoms with van der Waals surface area (Å²) in [6, 6.07) is 4.96. The van der Waals surface area contributed by atoms with E-state index in [1.165, 1.54) is 0 Å². The van der Waals surface area contributed by atoms with Crippen molar-refractivity contribution in [1.29, 1.82) is 0 Å². The van der Waals surface area contributed by atoms with Gasteiger partial charge in [-0.25, -0.2) is 0 Å². The summed E-state index contributed by atoms with van der Waals surface area (Å²) in [5.74, 6) is -0.284. The van der Waals surface area contributed by atoms with Crippen molar-refractivity contribution in [3.8, 4) is 11.5 Å². The van der Waals surface area contributed by atoms with Crippen LogP contribution < -0.4 is 4.74 Å². The van der Waals surface area contributed by atoms with Gasteiger partial charge in [0.15, 0.2) is 11.5 Å². The summed E-state index contributed by atoms with van der Waals surface area (Å²) in [5.41, 5.74) is 0.248. The molecule has 4 nitrogen and oxygen atoms in total. The molecule has 0 aliphatic heterocycles. The molecule has 2 N–H and O–H groups in total. The molecule has 1 atom stereocenters. The Kier molecular flexibility index (Phi) is 3.15. The molecule has 4 heteroatoms. The Bertz CT molecular complexity index is 572. The van der Waals surface area contributed by atoms with Crippen LogP contribution in [0.15, 0.2) is 18.2 Å². The van der Waals surface area contributed by atoms with Gasteiger partial charge in [0.25, 0.3) is 0 Å². The van der Waals surface area contributed by atoms with Gasteiger partial charge in [0.2, 0.25) is 0 Å². The number of carboxylic acid groups (broad SMARTS) is 1. The molecule has 21 heavy (non-hydrogen) atoms. The number of rotatable bonds is 4. The van der Waals surface area contributed by atoms with E-state index in [2.05, 4.69) is 13.8 Å². The SMILES string of the molecule is CC1(C)CCC(Oc2cc(C3(C(=O)O)CC3)ccc2O)C1. The first kappa shape index (κ1) is 14.2. The van der Waals surface area contributed by atoms with Crippen LogP contribution in [0.3, 0.4) is 0 Å². The third-order valence-electron chi connectivity index (χ3n) is 4.89. The quantitative estimate of drug-likeness (QED) is 0.891. The molecule has 2 fully saturated rings. The summed E-state index contributed by atoms with van der Waals surface area (Å²) >= 11 is 0. The van der Waals surface area contributed by atoms with Crippen molar-refractivity contribution >= 4 is 5.97 Å². The summed E-state index contributed by atoms with van der Waals surface area (Å²) in [6.07, 6.45) is 4.45. The van der Waals surface area contributed by atoms with Crippen molar-refractivity contribution < 1.29 is 19.7 Å². The predicted octanol–water partition coefficient (Wildman–Crippen LogP) is 3.47. The molecule has 1 unspecified atom stereocenters. The molecule has 1 aromatic carbocycles. The number of hydrogen-bond acceptors (Lipinski definition) is 3. The molecule has 0 bridgehead atoms. The second-order valence-corrected chi connectivity index (χ2v) is 7.22. The van der Waals surface area contributed by atoms with Crippen molar-refractivity contribution in [3.63, 3.8) is 0 Å². The Morgan fingerprint density at radius 3 is 2.52 bits per heavy atom. The van der Waals surface area contributed by atoms with Gasteiger partial charge in [-0.2, -0.15) is 0 Å². The fraction of sp³-hybridized carbons (Fsp3) is 0.588. The lowest BCUT2D eigenvalue weighted by atomic mass is 9.92. The first-order chi connectivity index (χ1) is 9.82. The van der Waals surface area contributed by atoms with Crippen LogP contribution in [0.5, 0.6) is 11.5 Å². The minimum Gasteiger partial charge on any atom is -0.504 e. The second-order valence-electron chi connectivity index (χ2n) is 7.22. The molecule has 0 heterocycles. The molecule has 2 saturated carbocycles. The Balaban J connectivity index is 1.81. The maximum absolute atomic E-state index is 11.4. The third kappa shape index (κ3) is 2.59. The van der Waals surface area contributed by atoms with E-state index in [9.17, 15) is 15.0 Å². The van der Waals surface area contributed by atoms with Gasteiger partial charge in [-0.15, -0.1) is 0 Å². The van der Waals surface area contributed by atoms with Gasteiger partial charge >= 0.3 is 5.97 Å². The zero-order chi connectivity index (χ0) is 15.3. The van der Waals surface area contributed by atoms with Crippen molar-refractivity contribution in [1.82, 2.24) is 0 Å². The van der Waals surface area contributed by atoms with E-state index in [0.29, 0.717) is 18.6 Å². The van der Waals surface area contributed by atoms with E-state index in [1.54, 1.807) is 18.2 Å². The topological polar surface area (TPSA) is 66.8 Å². The van der Waals surface area contributed by atoms with E-state index < -0.39 is 11.4 Å². The number of benzene rings is 1. The summed E-state index contributed by atoms with van der Waals surface area (Å²) in [5, 5.41) is 19.3. The molecular weight excluding hydrogens is 268 g/mol. The van der Waals surface area contributed by atoms with E-state index in [0.717, 1.165) is 24.8 Å². The number of carbonyl (C=O) groups is 1. The zero-order valence-corrected chi connectivity index (χ0v) is 12.6. The molecule has 0 amide bonds. The van der Waals surface area contributed by atoms with Crippen LogP contribution >= 0.6 is 0 Å². The first-order valence-corrected chi connectivity index (χ1v) is 7.56. The average molecular weight is 290 g/mol. The molecule has 114 valence electrons. The Labute approximate surface area is 124 Å². The van der Waals surface area contributed by atoms with Crippen LogP contribution in [0.1, 0.15) is 51.5 Å². The molecule has 0 saturated heterocycles. The van der Waals surface area contributed by atoms with Gasteiger partial charge in [-0.05, 0) is 55.2 Å². The Morgan fingerprint density at radius 1 is 1.29 bits per heavy atom. The smallest absolute Gasteiger partial charge is 0.314 e. The second kappa shape index (κ2) is 4.65. The number of phenolic OH excluding ortho intramolecular Hbond substituents is 1. The van der Waals surface area contributed by atoms with E-state index in [4.69, 9.17) is 4.74 Å². The van der Waals surface area contributed by atoms with E-state index in [1.807, 2.05) is 0 Å². The van der Waals surface area contributed by atoms with Crippen LogP contribution in [0.2, 0.25) is 0 Å². The van der Waals surface area contributed by atoms with Crippen molar-refractivity contribution in [3.05, 3.63) is 23.8 Å². The van der Waals surface area contributed by atoms with Crippen molar-refractivity contribution in [2.75, 3.05) is 0 Å². The highest BCUT2D eigenvalue weighted by molar-refractivity contribution is 5.85. The van der Waals surface area contributed by atoms with Crippen LogP contribution in [0, 0.1) is 5.41 Å². The predicted molar refractivity (Wildman–Crippen MR) is 78.7 cm³/mol. The van der Waals surface area contributed by atoms with Crippen molar-refractivity contribution in [2.24, 2.45) is 5.41 Å². The first-order valence-electron chi connectivity index (χ1n) is 7.56. The van der Waals surface area contributed by atoms with Gasteiger partial charge < -0.3 is 14.9 Å². The minimum atomic E-state index is -0.791. The molecule has 2 aliphatic rings. The summed E-state index contributed by atoms with van der Waals surface area (Å²) in [4.78, 5) is 11.4. The molecule has 0 aromatic heterocycles. The zero-order valence-electron chi connectivity index (χ0n) is 12.6. The summed E-state index contributed by atoms with van der Waals surface area (Å²) in [7, 11) is 0. The fourth-order valence-electron chi connectivity index (χ4n) is 3.31. The number of aromatic hydroxyl groups is 1. The van der Waals surface area contributed by atoms with Crippen LogP contribution in [0.25, 0.3) is 0 Å². The maximum Gasteiger partial charge on any atom is 0.314 e. The molecule has 2 aliphatic carbocycles. The number of aliphatic carboxylic acids is 1. The monoisotopic (exact) mass is 290 g/mol. The number of hydrogen-bond donors (Lipinski definition) is 2.